The Morgan fingerprint density at radius 1 is 1.08 bits per heavy atom. The van der Waals surface area contributed by atoms with E-state index in [-0.39, 0.29) is 32.7 Å². The van der Waals surface area contributed by atoms with Gasteiger partial charge in [0.1, 0.15) is 10.8 Å². The number of nitro benzene ring substituents is 1. The number of anilines is 1. The number of nitrogen functional groups attached to an aromatic ring is 1. The molecule has 9 nitrogen and oxygen atoms in total. The van der Waals surface area contributed by atoms with Crippen molar-refractivity contribution in [1.82, 2.24) is 9.88 Å². The Morgan fingerprint density at radius 3 is 2.38 bits per heavy atom. The van der Waals surface area contributed by atoms with E-state index < -0.39 is 28.0 Å². The maximum absolute atomic E-state index is 12.3. The van der Waals surface area contributed by atoms with Crippen molar-refractivity contribution in [1.29, 1.82) is 0 Å². The van der Waals surface area contributed by atoms with Crippen LogP contribution in [0.5, 0.6) is 0 Å². The van der Waals surface area contributed by atoms with Crippen LogP contribution in [0.25, 0.3) is 5.69 Å². The van der Waals surface area contributed by atoms with Crippen LogP contribution in [-0.4, -0.2) is 21.3 Å². The number of rotatable bonds is 2. The monoisotopic (exact) mass is 368 g/mol. The molecule has 0 atom stereocenters. The lowest BCUT2D eigenvalue weighted by Crippen LogP contribution is -2.24. The molecule has 1 aromatic heterocycles. The summed E-state index contributed by atoms with van der Waals surface area (Å²) < 4.78 is 0.856. The number of imide groups is 1. The number of carbonyl (C=O) groups excluding carboxylic acids is 2. The Bertz CT molecular complexity index is 1010. The van der Waals surface area contributed by atoms with Gasteiger partial charge in [-0.1, -0.05) is 23.2 Å². The number of nitrogens with two attached hydrogens (primary N) is 1. The third-order valence-corrected chi connectivity index (χ3v) is 4.01. The zero-order chi connectivity index (χ0) is 17.8. The number of hydrogen-bond acceptors (Lipinski definition) is 6. The maximum atomic E-state index is 12.3. The molecule has 11 heteroatoms. The second kappa shape index (κ2) is 5.32. The van der Waals surface area contributed by atoms with E-state index in [4.69, 9.17) is 28.9 Å². The number of aromatic nitrogens is 1. The van der Waals surface area contributed by atoms with Gasteiger partial charge >= 0.3 is 0 Å². The van der Waals surface area contributed by atoms with Gasteiger partial charge in [-0.15, -0.1) is 0 Å². The molecule has 3 N–H and O–H groups in total. The van der Waals surface area contributed by atoms with Gasteiger partial charge in [0.15, 0.2) is 0 Å². The SMILES string of the molecule is Nc1c2c(cc(=O)n1-c1cc(Cl)c([N+](=O)[O-])cc1Cl)C(=O)NC2=O. The van der Waals surface area contributed by atoms with Gasteiger partial charge in [0, 0.05) is 12.1 Å². The summed E-state index contributed by atoms with van der Waals surface area (Å²) in [6, 6.07) is 2.97. The molecule has 1 aliphatic heterocycles. The first-order valence-electron chi connectivity index (χ1n) is 6.27. The van der Waals surface area contributed by atoms with Gasteiger partial charge in [-0.2, -0.15) is 0 Å². The van der Waals surface area contributed by atoms with Crippen LogP contribution in [0.2, 0.25) is 10.0 Å². The molecule has 0 bridgehead atoms. The van der Waals surface area contributed by atoms with E-state index in [0.717, 1.165) is 22.8 Å². The van der Waals surface area contributed by atoms with E-state index in [9.17, 15) is 24.5 Å². The van der Waals surface area contributed by atoms with Crippen molar-refractivity contribution in [2.75, 3.05) is 5.73 Å². The molecule has 3 rings (SSSR count). The number of nitrogens with zero attached hydrogens (tertiary/aromatic N) is 2. The highest BCUT2D eigenvalue weighted by Gasteiger charge is 2.32. The number of hydrogen-bond donors (Lipinski definition) is 2. The summed E-state index contributed by atoms with van der Waals surface area (Å²) in [7, 11) is 0. The molecule has 2 amide bonds. The highest BCUT2D eigenvalue weighted by Crippen LogP contribution is 2.34. The first kappa shape index (κ1) is 16.0. The van der Waals surface area contributed by atoms with E-state index >= 15 is 0 Å². The van der Waals surface area contributed by atoms with Gasteiger partial charge in [-0.25, -0.2) is 0 Å². The number of carbonyl (C=O) groups is 2. The predicted octanol–water partition coefficient (Wildman–Crippen LogP) is 1.52. The van der Waals surface area contributed by atoms with Crippen molar-refractivity contribution in [2.45, 2.75) is 0 Å². The quantitative estimate of drug-likeness (QED) is 0.468. The summed E-state index contributed by atoms with van der Waals surface area (Å²) in [5, 5.41) is 12.4. The molecule has 0 saturated carbocycles. The second-order valence-electron chi connectivity index (χ2n) is 4.79. The molecule has 2 aromatic rings. The zero-order valence-corrected chi connectivity index (χ0v) is 13.0. The van der Waals surface area contributed by atoms with Gasteiger partial charge in [-0.05, 0) is 6.07 Å². The van der Waals surface area contributed by atoms with E-state index in [0.29, 0.717) is 0 Å². The Hall–Kier alpha value is -2.91. The highest BCUT2D eigenvalue weighted by molar-refractivity contribution is 6.36. The number of pyridine rings is 1. The standard InChI is InChI=1S/C13H6Cl2N4O5/c14-5-3-8(19(23)24)6(15)2-7(5)18-9(20)1-4-10(11(18)16)13(22)17-12(4)21/h1-3H,16H2,(H,17,21,22). The normalized spacial score (nSPS) is 12.9. The lowest BCUT2D eigenvalue weighted by Gasteiger charge is -2.13. The van der Waals surface area contributed by atoms with Crippen LogP contribution in [-0.2, 0) is 0 Å². The smallest absolute Gasteiger partial charge is 0.289 e. The molecule has 0 fully saturated rings. The van der Waals surface area contributed by atoms with Crippen LogP contribution in [0.1, 0.15) is 20.7 Å². The molecular formula is C13H6Cl2N4O5. The summed E-state index contributed by atoms with van der Waals surface area (Å²) in [5.74, 6) is -1.82. The summed E-state index contributed by atoms with van der Waals surface area (Å²) >= 11 is 11.8. The molecule has 122 valence electrons. The fourth-order valence-electron chi connectivity index (χ4n) is 2.36. The molecule has 0 saturated heterocycles. The third-order valence-electron chi connectivity index (χ3n) is 3.41. The van der Waals surface area contributed by atoms with Crippen molar-refractivity contribution in [3.8, 4) is 5.69 Å². The van der Waals surface area contributed by atoms with Gasteiger partial charge in [-0.3, -0.25) is 34.4 Å². The molecule has 24 heavy (non-hydrogen) atoms. The third kappa shape index (κ3) is 2.22. The van der Waals surface area contributed by atoms with Crippen molar-refractivity contribution < 1.29 is 14.5 Å². The zero-order valence-electron chi connectivity index (χ0n) is 11.5. The molecular weight excluding hydrogens is 363 g/mol. The van der Waals surface area contributed by atoms with Gasteiger partial charge in [0.2, 0.25) is 0 Å². The predicted molar refractivity (Wildman–Crippen MR) is 84.9 cm³/mol. The number of benzene rings is 1. The minimum Gasteiger partial charge on any atom is -0.384 e. The molecule has 1 aliphatic rings. The average molecular weight is 369 g/mol. The highest BCUT2D eigenvalue weighted by atomic mass is 35.5. The molecule has 0 unspecified atom stereocenters. The van der Waals surface area contributed by atoms with Crippen molar-refractivity contribution in [2.24, 2.45) is 0 Å². The van der Waals surface area contributed by atoms with Crippen LogP contribution >= 0.6 is 23.2 Å². The Morgan fingerprint density at radius 2 is 1.75 bits per heavy atom. The Labute approximate surface area is 142 Å². The van der Waals surface area contributed by atoms with Gasteiger partial charge in [0.05, 0.1) is 26.8 Å². The topological polar surface area (TPSA) is 137 Å². The number of amides is 2. The van der Waals surface area contributed by atoms with E-state index in [1.807, 2.05) is 5.32 Å². The van der Waals surface area contributed by atoms with E-state index in [1.54, 1.807) is 0 Å². The lowest BCUT2D eigenvalue weighted by atomic mass is 10.1. The van der Waals surface area contributed by atoms with Crippen LogP contribution in [0.4, 0.5) is 11.5 Å². The van der Waals surface area contributed by atoms with Crippen LogP contribution in [0, 0.1) is 10.1 Å². The Kier molecular flexibility index (Phi) is 3.54. The summed E-state index contributed by atoms with van der Waals surface area (Å²) in [4.78, 5) is 45.8. The number of nitro groups is 1. The molecule has 1 aromatic carbocycles. The molecule has 0 spiro atoms. The number of halogens is 2. The number of nitrogens with one attached hydrogen (secondary N) is 1. The van der Waals surface area contributed by atoms with Crippen LogP contribution in [0.3, 0.4) is 0 Å². The average Bonchev–Trinajstić information content (AvgIpc) is 2.76. The lowest BCUT2D eigenvalue weighted by molar-refractivity contribution is -0.384. The van der Waals surface area contributed by atoms with Gasteiger partial charge in [0.25, 0.3) is 23.1 Å². The van der Waals surface area contributed by atoms with Crippen molar-refractivity contribution in [3.05, 3.63) is 59.8 Å². The van der Waals surface area contributed by atoms with E-state index in [1.165, 1.54) is 0 Å². The first-order valence-corrected chi connectivity index (χ1v) is 7.03. The van der Waals surface area contributed by atoms with Crippen LogP contribution < -0.4 is 16.6 Å². The number of fused-ring (bicyclic) bond motifs is 1. The van der Waals surface area contributed by atoms with Crippen molar-refractivity contribution >= 4 is 46.5 Å². The Balaban J connectivity index is 2.33. The fraction of sp³-hybridized carbons (Fsp3) is 0. The summed E-state index contributed by atoms with van der Waals surface area (Å²) in [6.07, 6.45) is 0. The first-order chi connectivity index (χ1) is 11.2. The second-order valence-corrected chi connectivity index (χ2v) is 5.60. The maximum Gasteiger partial charge on any atom is 0.289 e. The molecule has 2 heterocycles. The summed E-state index contributed by atoms with van der Waals surface area (Å²) in [6.45, 7) is 0. The minimum absolute atomic E-state index is 0.0512. The minimum atomic E-state index is -0.759. The van der Waals surface area contributed by atoms with Gasteiger partial charge < -0.3 is 5.73 Å². The summed E-state index contributed by atoms with van der Waals surface area (Å²) in [5.41, 5.74) is 4.27. The molecule has 0 radical (unpaired) electrons. The fourth-order valence-corrected chi connectivity index (χ4v) is 2.83. The van der Waals surface area contributed by atoms with Crippen LogP contribution in [0.15, 0.2) is 23.0 Å². The largest absolute Gasteiger partial charge is 0.384 e. The van der Waals surface area contributed by atoms with Crippen molar-refractivity contribution in [3.63, 3.8) is 0 Å². The molecule has 0 aliphatic carbocycles. The van der Waals surface area contributed by atoms with E-state index in [2.05, 4.69) is 0 Å².